The predicted molar refractivity (Wildman–Crippen MR) is 120 cm³/mol. The summed E-state index contributed by atoms with van der Waals surface area (Å²) in [4.78, 5) is 23.8. The number of esters is 1. The van der Waals surface area contributed by atoms with Crippen molar-refractivity contribution in [3.63, 3.8) is 0 Å². The van der Waals surface area contributed by atoms with Gasteiger partial charge in [-0.25, -0.2) is 13.2 Å². The summed E-state index contributed by atoms with van der Waals surface area (Å²) in [6.07, 6.45) is 0. The molecule has 0 unspecified atom stereocenters. The number of anilines is 2. The first-order valence-electron chi connectivity index (χ1n) is 9.75. The van der Waals surface area contributed by atoms with Crippen LogP contribution in [0.4, 0.5) is 11.4 Å². The number of para-hydroxylation sites is 1. The first kappa shape index (κ1) is 22.8. The fourth-order valence-corrected chi connectivity index (χ4v) is 3.74. The summed E-state index contributed by atoms with van der Waals surface area (Å²) in [6.45, 7) is 1.74. The standard InChI is InChI=1S/C23H22N2O6S/c1-2-30-23(27)17-8-10-18(11-9-17)24-22(26)16-31-20-12-14-21(15-13-20)32(28,29)25-19-6-4-3-5-7-19/h3-15,25H,2,16H2,1H3,(H,24,26). The molecule has 1 amide bonds. The molecule has 8 nitrogen and oxygen atoms in total. The zero-order valence-electron chi connectivity index (χ0n) is 17.3. The van der Waals surface area contributed by atoms with Gasteiger partial charge in [-0.05, 0) is 67.6 Å². The van der Waals surface area contributed by atoms with Gasteiger partial charge in [-0.2, -0.15) is 0 Å². The average Bonchev–Trinajstić information content (AvgIpc) is 2.79. The van der Waals surface area contributed by atoms with E-state index >= 15 is 0 Å². The maximum Gasteiger partial charge on any atom is 0.338 e. The maximum atomic E-state index is 12.4. The number of ether oxygens (including phenoxy) is 2. The third kappa shape index (κ3) is 6.32. The summed E-state index contributed by atoms with van der Waals surface area (Å²) in [5, 5.41) is 2.65. The van der Waals surface area contributed by atoms with Gasteiger partial charge < -0.3 is 14.8 Å². The number of carbonyl (C=O) groups is 2. The highest BCUT2D eigenvalue weighted by Crippen LogP contribution is 2.19. The molecule has 0 spiro atoms. The molecule has 0 atom stereocenters. The second kappa shape index (κ2) is 10.5. The van der Waals surface area contributed by atoms with E-state index in [0.717, 1.165) is 0 Å². The molecule has 0 aliphatic carbocycles. The van der Waals surface area contributed by atoms with Crippen molar-refractivity contribution in [2.75, 3.05) is 23.3 Å². The molecular formula is C23H22N2O6S. The minimum atomic E-state index is -3.73. The van der Waals surface area contributed by atoms with Gasteiger partial charge in [-0.3, -0.25) is 9.52 Å². The fourth-order valence-electron chi connectivity index (χ4n) is 2.69. The fraction of sp³-hybridized carbons (Fsp3) is 0.130. The van der Waals surface area contributed by atoms with Gasteiger partial charge in [-0.1, -0.05) is 18.2 Å². The van der Waals surface area contributed by atoms with Crippen LogP contribution < -0.4 is 14.8 Å². The molecule has 3 aromatic rings. The molecule has 0 saturated carbocycles. The Balaban J connectivity index is 1.52. The van der Waals surface area contributed by atoms with E-state index in [1.807, 2.05) is 0 Å². The Kier molecular flexibility index (Phi) is 7.45. The van der Waals surface area contributed by atoms with E-state index < -0.39 is 21.9 Å². The van der Waals surface area contributed by atoms with E-state index in [4.69, 9.17) is 9.47 Å². The quantitative estimate of drug-likeness (QED) is 0.477. The van der Waals surface area contributed by atoms with Crippen molar-refractivity contribution < 1.29 is 27.5 Å². The maximum absolute atomic E-state index is 12.4. The number of hydrogen-bond donors (Lipinski definition) is 2. The number of nitrogens with one attached hydrogen (secondary N) is 2. The lowest BCUT2D eigenvalue weighted by atomic mass is 10.2. The van der Waals surface area contributed by atoms with Crippen LogP contribution in [0.25, 0.3) is 0 Å². The van der Waals surface area contributed by atoms with Gasteiger partial charge in [0.25, 0.3) is 15.9 Å². The monoisotopic (exact) mass is 454 g/mol. The molecular weight excluding hydrogens is 432 g/mol. The summed E-state index contributed by atoms with van der Waals surface area (Å²) in [7, 11) is -3.73. The van der Waals surface area contributed by atoms with Gasteiger partial charge in [0.15, 0.2) is 6.61 Å². The van der Waals surface area contributed by atoms with E-state index in [1.54, 1.807) is 61.5 Å². The van der Waals surface area contributed by atoms with Crippen LogP contribution in [0.5, 0.6) is 5.75 Å². The van der Waals surface area contributed by atoms with Crippen molar-refractivity contribution in [1.29, 1.82) is 0 Å². The van der Waals surface area contributed by atoms with Crippen LogP contribution >= 0.6 is 0 Å². The van der Waals surface area contributed by atoms with Crippen molar-refractivity contribution >= 4 is 33.3 Å². The van der Waals surface area contributed by atoms with Crippen LogP contribution in [0.15, 0.2) is 83.8 Å². The van der Waals surface area contributed by atoms with Crippen molar-refractivity contribution in [3.05, 3.63) is 84.4 Å². The first-order chi connectivity index (χ1) is 15.4. The molecule has 0 radical (unpaired) electrons. The van der Waals surface area contributed by atoms with Gasteiger partial charge in [0.2, 0.25) is 0 Å². The summed E-state index contributed by atoms with van der Waals surface area (Å²) in [5.74, 6) is -0.495. The van der Waals surface area contributed by atoms with Gasteiger partial charge in [-0.15, -0.1) is 0 Å². The highest BCUT2D eigenvalue weighted by molar-refractivity contribution is 7.92. The molecule has 0 saturated heterocycles. The Morgan fingerprint density at radius 2 is 1.50 bits per heavy atom. The van der Waals surface area contributed by atoms with Crippen LogP contribution in [0.3, 0.4) is 0 Å². The third-order valence-electron chi connectivity index (χ3n) is 4.21. The highest BCUT2D eigenvalue weighted by atomic mass is 32.2. The lowest BCUT2D eigenvalue weighted by Gasteiger charge is -2.10. The molecule has 2 N–H and O–H groups in total. The van der Waals surface area contributed by atoms with Crippen LogP contribution in [-0.2, 0) is 19.6 Å². The van der Waals surface area contributed by atoms with Gasteiger partial charge in [0, 0.05) is 11.4 Å². The predicted octanol–water partition coefficient (Wildman–Crippen LogP) is 3.68. The second-order valence-electron chi connectivity index (χ2n) is 6.58. The number of carbonyl (C=O) groups excluding carboxylic acids is 2. The van der Waals surface area contributed by atoms with Crippen molar-refractivity contribution in [1.82, 2.24) is 0 Å². The molecule has 0 bridgehead atoms. The Bertz CT molecular complexity index is 1160. The zero-order valence-corrected chi connectivity index (χ0v) is 18.1. The molecule has 0 aliphatic heterocycles. The van der Waals surface area contributed by atoms with Gasteiger partial charge >= 0.3 is 5.97 Å². The minimum absolute atomic E-state index is 0.0693. The molecule has 9 heteroatoms. The van der Waals surface area contributed by atoms with Crippen molar-refractivity contribution in [2.45, 2.75) is 11.8 Å². The molecule has 0 fully saturated rings. The molecule has 0 heterocycles. The van der Waals surface area contributed by atoms with Crippen LogP contribution in [0.1, 0.15) is 17.3 Å². The smallest absolute Gasteiger partial charge is 0.338 e. The van der Waals surface area contributed by atoms with E-state index in [9.17, 15) is 18.0 Å². The Labute approximate surface area is 186 Å². The molecule has 166 valence electrons. The SMILES string of the molecule is CCOC(=O)c1ccc(NC(=O)COc2ccc(S(=O)(=O)Nc3ccccc3)cc2)cc1. The number of hydrogen-bond acceptors (Lipinski definition) is 6. The number of sulfonamides is 1. The largest absolute Gasteiger partial charge is 0.484 e. The van der Waals surface area contributed by atoms with Crippen molar-refractivity contribution in [2.24, 2.45) is 0 Å². The van der Waals surface area contributed by atoms with Crippen LogP contribution in [0.2, 0.25) is 0 Å². The van der Waals surface area contributed by atoms with Gasteiger partial charge in [0.05, 0.1) is 17.1 Å². The highest BCUT2D eigenvalue weighted by Gasteiger charge is 2.14. The summed E-state index contributed by atoms with van der Waals surface area (Å²) >= 11 is 0. The Hall–Kier alpha value is -3.85. The second-order valence-corrected chi connectivity index (χ2v) is 8.26. The average molecular weight is 455 g/mol. The molecule has 3 aromatic carbocycles. The third-order valence-corrected chi connectivity index (χ3v) is 5.61. The zero-order chi connectivity index (χ0) is 23.0. The number of rotatable bonds is 9. The Morgan fingerprint density at radius 1 is 0.844 bits per heavy atom. The van der Waals surface area contributed by atoms with Crippen molar-refractivity contribution in [3.8, 4) is 5.75 Å². The molecule has 3 rings (SSSR count). The summed E-state index contributed by atoms with van der Waals surface area (Å²) in [6, 6.07) is 20.6. The molecule has 32 heavy (non-hydrogen) atoms. The van der Waals surface area contributed by atoms with E-state index in [2.05, 4.69) is 10.0 Å². The van der Waals surface area contributed by atoms with Crippen LogP contribution in [-0.4, -0.2) is 33.5 Å². The number of amides is 1. The number of benzene rings is 3. The Morgan fingerprint density at radius 3 is 2.12 bits per heavy atom. The first-order valence-corrected chi connectivity index (χ1v) is 11.2. The molecule has 0 aromatic heterocycles. The normalized spacial score (nSPS) is 10.8. The lowest BCUT2D eigenvalue weighted by molar-refractivity contribution is -0.118. The summed E-state index contributed by atoms with van der Waals surface area (Å²) < 4.78 is 37.7. The summed E-state index contributed by atoms with van der Waals surface area (Å²) in [5.41, 5.74) is 1.35. The molecule has 0 aliphatic rings. The van der Waals surface area contributed by atoms with E-state index in [-0.39, 0.29) is 18.1 Å². The van der Waals surface area contributed by atoms with E-state index in [1.165, 1.54) is 24.3 Å². The minimum Gasteiger partial charge on any atom is -0.484 e. The topological polar surface area (TPSA) is 111 Å². The van der Waals surface area contributed by atoms with E-state index in [0.29, 0.717) is 22.7 Å². The van der Waals surface area contributed by atoms with Gasteiger partial charge in [0.1, 0.15) is 5.75 Å². The van der Waals surface area contributed by atoms with Crippen LogP contribution in [0, 0.1) is 0 Å². The lowest BCUT2D eigenvalue weighted by Crippen LogP contribution is -2.20.